The van der Waals surface area contributed by atoms with E-state index in [0.29, 0.717) is 34.8 Å². The van der Waals surface area contributed by atoms with Gasteiger partial charge in [0.15, 0.2) is 23.1 Å². The lowest BCUT2D eigenvalue weighted by Gasteiger charge is -2.50. The van der Waals surface area contributed by atoms with Crippen molar-refractivity contribution in [3.8, 4) is 17.6 Å². The molecular formula is C50H69NO10. The predicted molar refractivity (Wildman–Crippen MR) is 233 cm³/mol. The molecule has 4 aliphatic rings. The molecule has 2 aromatic rings. The fraction of sp³-hybridized carbons (Fsp3) is 0.680. The summed E-state index contributed by atoms with van der Waals surface area (Å²) in [5.41, 5.74) is 3.03. The van der Waals surface area contributed by atoms with Gasteiger partial charge in [-0.1, -0.05) is 41.5 Å². The summed E-state index contributed by atoms with van der Waals surface area (Å²) in [6, 6.07) is 7.38. The van der Waals surface area contributed by atoms with Gasteiger partial charge < -0.3 is 33.2 Å². The average Bonchev–Trinajstić information content (AvgIpc) is 3.85. The van der Waals surface area contributed by atoms with Crippen molar-refractivity contribution in [2.75, 3.05) is 41.3 Å². The Balaban J connectivity index is 1.60. The molecule has 3 fully saturated rings. The maximum absolute atomic E-state index is 15.3. The first-order valence-electron chi connectivity index (χ1n) is 22.2. The summed E-state index contributed by atoms with van der Waals surface area (Å²) in [6.45, 7) is 21.5. The average molecular weight is 844 g/mol. The first-order valence-corrected chi connectivity index (χ1v) is 22.2. The Morgan fingerprint density at radius 1 is 0.836 bits per heavy atom. The largest absolute Gasteiger partial charge is 0.493 e. The molecule has 334 valence electrons. The lowest BCUT2D eigenvalue weighted by molar-refractivity contribution is -0.181. The minimum atomic E-state index is -0.736. The number of ketones is 1. The van der Waals surface area contributed by atoms with Crippen molar-refractivity contribution < 1.29 is 38.0 Å². The number of hydrogen-bond donors (Lipinski definition) is 0. The lowest BCUT2D eigenvalue weighted by atomic mass is 9.60. The van der Waals surface area contributed by atoms with Gasteiger partial charge in [0.2, 0.25) is 10.9 Å². The van der Waals surface area contributed by atoms with Crippen LogP contribution in [0.3, 0.4) is 0 Å². The van der Waals surface area contributed by atoms with E-state index in [2.05, 4.69) is 47.6 Å². The van der Waals surface area contributed by atoms with E-state index in [4.69, 9.17) is 33.2 Å². The summed E-state index contributed by atoms with van der Waals surface area (Å²) in [5.74, 6) is -0.0256. The molecule has 2 aromatic carbocycles. The van der Waals surface area contributed by atoms with Gasteiger partial charge >= 0.3 is 0 Å². The topological polar surface area (TPSA) is 140 Å². The summed E-state index contributed by atoms with van der Waals surface area (Å²) in [4.78, 5) is 44.1. The van der Waals surface area contributed by atoms with Crippen molar-refractivity contribution in [1.82, 2.24) is 0 Å². The monoisotopic (exact) mass is 843 g/mol. The van der Waals surface area contributed by atoms with E-state index in [9.17, 15) is 14.9 Å². The Labute approximate surface area is 362 Å². The molecule has 0 N–H and O–H groups in total. The smallest absolute Gasteiger partial charge is 0.223 e. The number of Topliss-reactive ketones (excluding diaryl/α,β-unsaturated/α-hetero) is 1. The third kappa shape index (κ3) is 8.45. The number of carbonyl (C=O) groups is 1. The molecule has 1 aliphatic heterocycles. The number of ether oxygens (including phenoxy) is 7. The van der Waals surface area contributed by atoms with Crippen molar-refractivity contribution >= 4 is 5.78 Å². The maximum atomic E-state index is 15.3. The molecule has 0 spiro atoms. The van der Waals surface area contributed by atoms with Gasteiger partial charge in [-0.05, 0) is 129 Å². The molecule has 0 amide bonds. The Morgan fingerprint density at radius 2 is 1.44 bits per heavy atom. The number of fused-ring (bicyclic) bond motifs is 3. The van der Waals surface area contributed by atoms with Gasteiger partial charge in [-0.2, -0.15) is 5.26 Å². The van der Waals surface area contributed by atoms with Gasteiger partial charge in [0.25, 0.3) is 0 Å². The van der Waals surface area contributed by atoms with E-state index in [1.165, 1.54) is 14.2 Å². The van der Waals surface area contributed by atoms with Crippen LogP contribution in [0.4, 0.5) is 0 Å². The number of rotatable bonds is 15. The number of hydrogen-bond acceptors (Lipinski definition) is 11. The summed E-state index contributed by atoms with van der Waals surface area (Å²) in [7, 11) is 4.51. The van der Waals surface area contributed by atoms with Crippen molar-refractivity contribution in [2.24, 2.45) is 34.5 Å². The molecule has 0 unspecified atom stereocenters. The Hall–Kier alpha value is -3.66. The van der Waals surface area contributed by atoms with E-state index >= 15 is 4.79 Å². The fourth-order valence-corrected chi connectivity index (χ4v) is 11.9. The summed E-state index contributed by atoms with van der Waals surface area (Å²) in [6.07, 6.45) is 2.09. The number of methoxy groups -OCH3 is 3. The van der Waals surface area contributed by atoms with Crippen LogP contribution in [-0.2, 0) is 30.1 Å². The molecule has 61 heavy (non-hydrogen) atoms. The second kappa shape index (κ2) is 18.2. The SMILES string of the molecule is COCO[C@H]1[C@H](OCCC#N)c2c(CC(=O)c3cc([C@H]4[C@@H](C(C)C)CC[C@@]4(C)[C@@H]4COC(C)(C)O4)c(C)c(=O)c(OC)c3)cc(OC)c(=O)c(C)c2[C@H]2[C@@H](C(C)C)CC[C@@]12C. The Bertz CT molecular complexity index is 2140. The number of nitrogens with zero attached hydrogens (tertiary/aromatic N) is 1. The molecule has 1 saturated heterocycles. The van der Waals surface area contributed by atoms with Crippen molar-refractivity contribution in [2.45, 2.75) is 144 Å². The first kappa shape index (κ1) is 46.8. The van der Waals surface area contributed by atoms with Crippen molar-refractivity contribution in [3.63, 3.8) is 0 Å². The first-order chi connectivity index (χ1) is 28.8. The third-order valence-corrected chi connectivity index (χ3v) is 15.1. The van der Waals surface area contributed by atoms with Crippen molar-refractivity contribution in [3.05, 3.63) is 77.6 Å². The minimum Gasteiger partial charge on any atom is -0.493 e. The van der Waals surface area contributed by atoms with Gasteiger partial charge in [-0.25, -0.2) is 0 Å². The molecular weight excluding hydrogens is 775 g/mol. The highest BCUT2D eigenvalue weighted by Crippen LogP contribution is 2.64. The normalized spacial score (nSPS) is 30.3. The molecule has 9 atom stereocenters. The second-order valence-corrected chi connectivity index (χ2v) is 19.7. The van der Waals surface area contributed by atoms with Crippen LogP contribution in [0.1, 0.15) is 149 Å². The molecule has 6 rings (SSSR count). The van der Waals surface area contributed by atoms with Gasteiger partial charge in [-0.3, -0.25) is 14.4 Å². The predicted octanol–water partition coefficient (Wildman–Crippen LogP) is 8.90. The van der Waals surface area contributed by atoms with Gasteiger partial charge in [-0.15, -0.1) is 0 Å². The highest BCUT2D eigenvalue weighted by molar-refractivity contribution is 5.98. The molecule has 11 nitrogen and oxygen atoms in total. The summed E-state index contributed by atoms with van der Waals surface area (Å²) < 4.78 is 43.1. The van der Waals surface area contributed by atoms with E-state index in [0.717, 1.165) is 42.4 Å². The van der Waals surface area contributed by atoms with Gasteiger partial charge in [0, 0.05) is 41.1 Å². The second-order valence-electron chi connectivity index (χ2n) is 19.7. The van der Waals surface area contributed by atoms with Crippen LogP contribution >= 0.6 is 0 Å². The summed E-state index contributed by atoms with van der Waals surface area (Å²) >= 11 is 0. The molecule has 0 aromatic heterocycles. The molecule has 0 bridgehead atoms. The van der Waals surface area contributed by atoms with Gasteiger partial charge in [0.05, 0.1) is 52.1 Å². The molecule has 0 radical (unpaired) electrons. The van der Waals surface area contributed by atoms with Crippen molar-refractivity contribution in [1.29, 1.82) is 5.26 Å². The number of carbonyl (C=O) groups excluding carboxylic acids is 1. The number of nitriles is 1. The van der Waals surface area contributed by atoms with E-state index < -0.39 is 28.8 Å². The standard InChI is InChI=1S/C50H69NO10/c1-27(2)33-15-17-49(9,39-25-60-48(7,8)61-39)42(33)35-21-31(23-37(56-12)44(53)29(35)5)36(52)22-32-24-38(57-13)45(54)30(6)40-41(32)46(58-20-14-19-51)47(59-26-55-11)50(10)18-16-34(28(3)4)43(40)50/h21,23-24,27-28,33-34,39,42-43,46-47H,14-18,20,22,25-26H2,1-13H3/t33-,34-,39+,42-,43-,46-,47+,49+,50-/m1/s1. The van der Waals surface area contributed by atoms with Crippen LogP contribution in [0, 0.1) is 59.7 Å². The van der Waals surface area contributed by atoms with Crippen LogP contribution in [0.2, 0.25) is 0 Å². The van der Waals surface area contributed by atoms with E-state index in [1.54, 1.807) is 19.2 Å². The third-order valence-electron chi connectivity index (χ3n) is 15.1. The summed E-state index contributed by atoms with van der Waals surface area (Å²) in [5, 5.41) is 9.62. The zero-order chi connectivity index (χ0) is 44.8. The van der Waals surface area contributed by atoms with Crippen LogP contribution in [0.15, 0.2) is 27.8 Å². The zero-order valence-corrected chi connectivity index (χ0v) is 38.8. The van der Waals surface area contributed by atoms with Crippen LogP contribution in [-0.4, -0.2) is 65.1 Å². The highest BCUT2D eigenvalue weighted by Gasteiger charge is 2.60. The van der Waals surface area contributed by atoms with Crippen LogP contribution in [0.25, 0.3) is 0 Å². The minimum absolute atomic E-state index is 0.0159. The maximum Gasteiger partial charge on any atom is 0.223 e. The van der Waals surface area contributed by atoms with E-state index in [-0.39, 0.29) is 90.1 Å². The van der Waals surface area contributed by atoms with Gasteiger partial charge in [0.1, 0.15) is 12.9 Å². The zero-order valence-electron chi connectivity index (χ0n) is 38.8. The Morgan fingerprint density at radius 3 is 2.02 bits per heavy atom. The lowest BCUT2D eigenvalue weighted by Crippen LogP contribution is -2.48. The molecule has 1 heterocycles. The molecule has 2 saturated carbocycles. The molecule has 11 heteroatoms. The van der Waals surface area contributed by atoms with E-state index in [1.807, 2.05) is 33.8 Å². The Kier molecular flexibility index (Phi) is 14.0. The van der Waals surface area contributed by atoms with Crippen LogP contribution in [0.5, 0.6) is 11.5 Å². The molecule has 3 aliphatic carbocycles. The fourth-order valence-electron chi connectivity index (χ4n) is 11.9. The quantitative estimate of drug-likeness (QED) is 0.0965. The van der Waals surface area contributed by atoms with Crippen LogP contribution < -0.4 is 20.3 Å². The highest BCUT2D eigenvalue weighted by atomic mass is 16.7.